The zero-order chi connectivity index (χ0) is 11.5. The van der Waals surface area contributed by atoms with Crippen LogP contribution in [0.1, 0.15) is 16.8 Å². The van der Waals surface area contributed by atoms with Crippen molar-refractivity contribution in [2.24, 2.45) is 0 Å². The molecule has 1 aromatic rings. The van der Waals surface area contributed by atoms with Crippen molar-refractivity contribution >= 4 is 17.3 Å². The van der Waals surface area contributed by atoms with Crippen molar-refractivity contribution in [3.8, 4) is 0 Å². The highest BCUT2D eigenvalue weighted by Gasteiger charge is 2.34. The molecule has 0 atom stereocenters. The fourth-order valence-corrected chi connectivity index (χ4v) is 1.64. The fraction of sp³-hybridized carbons (Fsp3) is 0.500. The van der Waals surface area contributed by atoms with Crippen LogP contribution >= 0.6 is 11.3 Å². The van der Waals surface area contributed by atoms with E-state index in [0.29, 0.717) is 11.3 Å². The zero-order valence-electron chi connectivity index (χ0n) is 7.80. The summed E-state index contributed by atoms with van der Waals surface area (Å²) in [5, 5.41) is -0.943. The maximum absolute atomic E-state index is 12.1. The van der Waals surface area contributed by atoms with Gasteiger partial charge >= 0.3 is 12.1 Å². The summed E-state index contributed by atoms with van der Waals surface area (Å²) in [5.74, 6) is -0.546. The molecule has 0 aliphatic rings. The predicted molar refractivity (Wildman–Crippen MR) is 47.5 cm³/mol. The van der Waals surface area contributed by atoms with Crippen LogP contribution in [0.5, 0.6) is 0 Å². The normalized spacial score (nSPS) is 11.5. The molecule has 0 fully saturated rings. The van der Waals surface area contributed by atoms with E-state index in [-0.39, 0.29) is 17.9 Å². The van der Waals surface area contributed by atoms with Gasteiger partial charge in [-0.2, -0.15) is 13.2 Å². The Morgan fingerprint density at radius 3 is 2.73 bits per heavy atom. The lowest BCUT2D eigenvalue weighted by Gasteiger charge is -1.99. The van der Waals surface area contributed by atoms with Gasteiger partial charge in [0.2, 0.25) is 0 Å². The monoisotopic (exact) mass is 239 g/mol. The lowest BCUT2D eigenvalue weighted by Crippen LogP contribution is -2.06. The molecule has 1 heterocycles. The maximum atomic E-state index is 12.1. The molecule has 84 valence electrons. The number of hydrogen-bond acceptors (Lipinski definition) is 4. The average Bonchev–Trinajstić information content (AvgIpc) is 2.52. The molecule has 0 amide bonds. The molecule has 0 saturated heterocycles. The summed E-state index contributed by atoms with van der Waals surface area (Å²) in [5.41, 5.74) is 0. The molecule has 0 aliphatic carbocycles. The first-order chi connectivity index (χ1) is 6.93. The second-order valence-electron chi connectivity index (χ2n) is 2.61. The van der Waals surface area contributed by atoms with Crippen molar-refractivity contribution < 1.29 is 22.7 Å². The Hall–Kier alpha value is -1.11. The Kier molecular flexibility index (Phi) is 3.67. The number of carbonyl (C=O) groups is 1. The van der Waals surface area contributed by atoms with Gasteiger partial charge < -0.3 is 4.74 Å². The number of esters is 1. The maximum Gasteiger partial charge on any atom is 0.443 e. The van der Waals surface area contributed by atoms with Crippen LogP contribution in [0.3, 0.4) is 0 Å². The summed E-state index contributed by atoms with van der Waals surface area (Å²) in [4.78, 5) is 14.4. The molecular formula is C8H8F3NO2S. The summed E-state index contributed by atoms with van der Waals surface area (Å²) >= 11 is 0.457. The van der Waals surface area contributed by atoms with Crippen molar-refractivity contribution in [1.29, 1.82) is 0 Å². The molecule has 0 N–H and O–H groups in total. The van der Waals surface area contributed by atoms with Crippen LogP contribution in [0.4, 0.5) is 13.2 Å². The van der Waals surface area contributed by atoms with Crippen molar-refractivity contribution in [2.75, 3.05) is 6.61 Å². The van der Waals surface area contributed by atoms with Gasteiger partial charge in [-0.3, -0.25) is 4.79 Å². The minimum Gasteiger partial charge on any atom is -0.466 e. The molecule has 3 nitrogen and oxygen atoms in total. The zero-order valence-corrected chi connectivity index (χ0v) is 8.61. The van der Waals surface area contributed by atoms with Crippen molar-refractivity contribution in [2.45, 2.75) is 19.5 Å². The molecule has 1 rings (SSSR count). The number of hydrogen-bond donors (Lipinski definition) is 0. The Bertz CT molecular complexity index is 348. The van der Waals surface area contributed by atoms with E-state index in [2.05, 4.69) is 9.72 Å². The Labute approximate surface area is 87.9 Å². The molecule has 0 spiro atoms. The summed E-state index contributed by atoms with van der Waals surface area (Å²) in [6.45, 7) is 1.84. The number of aromatic nitrogens is 1. The fourth-order valence-electron chi connectivity index (χ4n) is 0.875. The molecule has 0 aliphatic heterocycles. The molecule has 7 heteroatoms. The first-order valence-corrected chi connectivity index (χ1v) is 4.92. The molecule has 0 bridgehead atoms. The van der Waals surface area contributed by atoms with Crippen LogP contribution in [0.15, 0.2) is 6.20 Å². The Morgan fingerprint density at radius 2 is 2.27 bits per heavy atom. The highest BCUT2D eigenvalue weighted by atomic mass is 32.1. The van der Waals surface area contributed by atoms with E-state index in [9.17, 15) is 18.0 Å². The summed E-state index contributed by atoms with van der Waals surface area (Å²) in [6.07, 6.45) is -3.57. The smallest absolute Gasteiger partial charge is 0.443 e. The number of thiazole rings is 1. The van der Waals surface area contributed by atoms with Gasteiger partial charge in [0.25, 0.3) is 0 Å². The van der Waals surface area contributed by atoms with E-state index >= 15 is 0 Å². The van der Waals surface area contributed by atoms with E-state index in [1.807, 2.05) is 0 Å². The molecule has 0 radical (unpaired) electrons. The molecular weight excluding hydrogens is 231 g/mol. The van der Waals surface area contributed by atoms with Gasteiger partial charge in [-0.05, 0) is 6.92 Å². The largest absolute Gasteiger partial charge is 0.466 e. The van der Waals surface area contributed by atoms with Gasteiger partial charge in [0.15, 0.2) is 5.01 Å². The highest BCUT2D eigenvalue weighted by Crippen LogP contribution is 2.32. The van der Waals surface area contributed by atoms with Gasteiger partial charge in [-0.25, -0.2) is 4.98 Å². The number of carbonyl (C=O) groups excluding carboxylic acids is 1. The minimum absolute atomic E-state index is 0.165. The highest BCUT2D eigenvalue weighted by molar-refractivity contribution is 7.11. The van der Waals surface area contributed by atoms with Crippen molar-refractivity contribution in [3.63, 3.8) is 0 Å². The van der Waals surface area contributed by atoms with Crippen molar-refractivity contribution in [1.82, 2.24) is 4.98 Å². The third-order valence-electron chi connectivity index (χ3n) is 1.42. The van der Waals surface area contributed by atoms with Gasteiger partial charge in [0, 0.05) is 11.1 Å². The topological polar surface area (TPSA) is 39.2 Å². The number of nitrogens with zero attached hydrogens (tertiary/aromatic N) is 1. The summed E-state index contributed by atoms with van der Waals surface area (Å²) < 4.78 is 41.0. The first kappa shape index (κ1) is 12.0. The third kappa shape index (κ3) is 3.50. The van der Waals surface area contributed by atoms with Crippen LogP contribution in [-0.2, 0) is 22.1 Å². The van der Waals surface area contributed by atoms with E-state index in [4.69, 9.17) is 0 Å². The van der Waals surface area contributed by atoms with Crippen LogP contribution < -0.4 is 0 Å². The molecule has 0 saturated carbocycles. The van der Waals surface area contributed by atoms with E-state index in [1.165, 1.54) is 0 Å². The van der Waals surface area contributed by atoms with Gasteiger partial charge in [0.1, 0.15) is 0 Å². The van der Waals surface area contributed by atoms with Crippen LogP contribution in [0, 0.1) is 0 Å². The number of halogens is 3. The molecule has 0 aromatic carbocycles. The summed E-state index contributed by atoms with van der Waals surface area (Å²) in [7, 11) is 0. The lowest BCUT2D eigenvalue weighted by molar-refractivity contribution is -0.142. The lowest BCUT2D eigenvalue weighted by atomic mass is 10.4. The summed E-state index contributed by atoms with van der Waals surface area (Å²) in [6, 6.07) is 0. The van der Waals surface area contributed by atoms with Crippen molar-refractivity contribution in [3.05, 3.63) is 16.1 Å². The predicted octanol–water partition coefficient (Wildman–Crippen LogP) is 2.27. The molecule has 15 heavy (non-hydrogen) atoms. The first-order valence-electron chi connectivity index (χ1n) is 4.11. The van der Waals surface area contributed by atoms with E-state index < -0.39 is 17.2 Å². The number of alkyl halides is 3. The minimum atomic E-state index is -4.45. The number of ether oxygens (including phenoxy) is 1. The molecule has 0 unspecified atom stereocenters. The van der Waals surface area contributed by atoms with Crippen LogP contribution in [0.25, 0.3) is 0 Å². The molecule has 1 aromatic heterocycles. The SMILES string of the molecule is CCOC(=O)Cc1cnc(C(F)(F)F)s1. The average molecular weight is 239 g/mol. The quantitative estimate of drug-likeness (QED) is 0.759. The van der Waals surface area contributed by atoms with E-state index in [1.54, 1.807) is 6.92 Å². The van der Waals surface area contributed by atoms with Crippen LogP contribution in [0.2, 0.25) is 0 Å². The number of rotatable bonds is 3. The Morgan fingerprint density at radius 1 is 1.60 bits per heavy atom. The Balaban J connectivity index is 2.65. The standard InChI is InChI=1S/C8H8F3NO2S/c1-2-14-6(13)3-5-4-12-7(15-5)8(9,10)11/h4H,2-3H2,1H3. The third-order valence-corrected chi connectivity index (χ3v) is 2.46. The van der Waals surface area contributed by atoms with E-state index in [0.717, 1.165) is 6.20 Å². The second kappa shape index (κ2) is 4.61. The van der Waals surface area contributed by atoms with Gasteiger partial charge in [-0.15, -0.1) is 11.3 Å². The van der Waals surface area contributed by atoms with Crippen LogP contribution in [-0.4, -0.2) is 17.6 Å². The van der Waals surface area contributed by atoms with Gasteiger partial charge in [-0.1, -0.05) is 0 Å². The second-order valence-corrected chi connectivity index (χ2v) is 3.73. The van der Waals surface area contributed by atoms with Gasteiger partial charge in [0.05, 0.1) is 13.0 Å².